The van der Waals surface area contributed by atoms with Gasteiger partial charge in [0.15, 0.2) is 5.82 Å². The average Bonchev–Trinajstić information content (AvgIpc) is 3.11. The maximum Gasteiger partial charge on any atom is 0.161 e. The Bertz CT molecular complexity index is 783. The number of aromatic nitrogens is 5. The molecule has 0 atom stereocenters. The first-order chi connectivity index (χ1) is 11.6. The number of aryl methyl sites for hydroxylation is 2. The smallest absolute Gasteiger partial charge is 0.161 e. The van der Waals surface area contributed by atoms with Crippen molar-refractivity contribution in [3.05, 3.63) is 54.5 Å². The van der Waals surface area contributed by atoms with Crippen molar-refractivity contribution in [2.24, 2.45) is 0 Å². The first kappa shape index (κ1) is 16.1. The molecular weight excluding hydrogens is 300 g/mol. The van der Waals surface area contributed by atoms with E-state index in [1.807, 2.05) is 37.8 Å². The summed E-state index contributed by atoms with van der Waals surface area (Å²) >= 11 is 0. The molecular formula is C18H22N6. The Balaban J connectivity index is 1.77. The van der Waals surface area contributed by atoms with Gasteiger partial charge in [0.05, 0.1) is 6.33 Å². The summed E-state index contributed by atoms with van der Waals surface area (Å²) in [6, 6.07) is 3.87. The summed E-state index contributed by atoms with van der Waals surface area (Å²) < 4.78 is 2.09. The highest BCUT2D eigenvalue weighted by Crippen LogP contribution is 2.23. The van der Waals surface area contributed by atoms with Crippen LogP contribution in [0.5, 0.6) is 0 Å². The minimum absolute atomic E-state index is 0.747. The minimum Gasteiger partial charge on any atom is -0.359 e. The number of nitrogens with zero attached hydrogens (tertiary/aromatic N) is 6. The number of rotatable bonds is 6. The highest BCUT2D eigenvalue weighted by atomic mass is 15.2. The van der Waals surface area contributed by atoms with Gasteiger partial charge in [0.25, 0.3) is 0 Å². The van der Waals surface area contributed by atoms with E-state index in [0.29, 0.717) is 0 Å². The van der Waals surface area contributed by atoms with Crippen LogP contribution in [0.3, 0.4) is 0 Å². The Labute approximate surface area is 142 Å². The fourth-order valence-corrected chi connectivity index (χ4v) is 2.63. The van der Waals surface area contributed by atoms with Gasteiger partial charge in [-0.25, -0.2) is 15.0 Å². The quantitative estimate of drug-likeness (QED) is 0.698. The fourth-order valence-electron chi connectivity index (χ4n) is 2.63. The zero-order valence-electron chi connectivity index (χ0n) is 14.3. The van der Waals surface area contributed by atoms with Crippen LogP contribution in [0.4, 0.5) is 5.82 Å². The molecule has 0 saturated carbocycles. The van der Waals surface area contributed by atoms with Gasteiger partial charge < -0.3 is 9.47 Å². The topological polar surface area (TPSA) is 59.7 Å². The van der Waals surface area contributed by atoms with E-state index in [0.717, 1.165) is 48.0 Å². The first-order valence-corrected chi connectivity index (χ1v) is 8.07. The highest BCUT2D eigenvalue weighted by Gasteiger charge is 2.13. The molecule has 0 spiro atoms. The van der Waals surface area contributed by atoms with Crippen LogP contribution in [0.1, 0.15) is 17.7 Å². The van der Waals surface area contributed by atoms with E-state index < -0.39 is 0 Å². The Hall–Kier alpha value is -2.76. The molecule has 3 rings (SSSR count). The van der Waals surface area contributed by atoms with Gasteiger partial charge >= 0.3 is 0 Å². The van der Waals surface area contributed by atoms with Gasteiger partial charge in [-0.2, -0.15) is 0 Å². The molecule has 0 saturated heterocycles. The molecule has 0 aliphatic carbocycles. The van der Waals surface area contributed by atoms with Crippen LogP contribution < -0.4 is 4.90 Å². The molecule has 3 aromatic heterocycles. The molecule has 0 fully saturated rings. The molecule has 0 aliphatic heterocycles. The lowest BCUT2D eigenvalue weighted by atomic mass is 10.2. The van der Waals surface area contributed by atoms with Gasteiger partial charge in [-0.15, -0.1) is 0 Å². The lowest BCUT2D eigenvalue weighted by molar-refractivity contribution is 0.635. The van der Waals surface area contributed by atoms with Gasteiger partial charge in [0.2, 0.25) is 0 Å². The number of pyridine rings is 1. The third-order valence-electron chi connectivity index (χ3n) is 4.13. The van der Waals surface area contributed by atoms with E-state index in [-0.39, 0.29) is 0 Å². The van der Waals surface area contributed by atoms with E-state index in [1.165, 1.54) is 0 Å². The van der Waals surface area contributed by atoms with Crippen molar-refractivity contribution in [3.8, 4) is 11.4 Å². The predicted octanol–water partition coefficient (Wildman–Crippen LogP) is 2.88. The Morgan fingerprint density at radius 3 is 2.54 bits per heavy atom. The Morgan fingerprint density at radius 1 is 1.04 bits per heavy atom. The second-order valence-corrected chi connectivity index (χ2v) is 5.89. The van der Waals surface area contributed by atoms with Gasteiger partial charge in [0.1, 0.15) is 5.82 Å². The number of anilines is 1. The molecule has 6 heteroatoms. The maximum atomic E-state index is 4.79. The normalized spacial score (nSPS) is 10.8. The molecule has 0 N–H and O–H groups in total. The molecule has 6 nitrogen and oxygen atoms in total. The Kier molecular flexibility index (Phi) is 4.84. The van der Waals surface area contributed by atoms with Gasteiger partial charge in [-0.1, -0.05) is 0 Å². The van der Waals surface area contributed by atoms with Gasteiger partial charge in [-0.3, -0.25) is 4.98 Å². The van der Waals surface area contributed by atoms with Gasteiger partial charge in [0, 0.05) is 61.7 Å². The lowest BCUT2D eigenvalue weighted by Crippen LogP contribution is -2.23. The molecule has 0 unspecified atom stereocenters. The standard InChI is InChI=1S/C18H22N6/c1-14-15(2)21-17(16-5-7-19-8-6-16)22-18(14)23(3)10-4-11-24-12-9-20-13-24/h5-9,12-13H,4,10-11H2,1-3H3. The molecule has 24 heavy (non-hydrogen) atoms. The monoisotopic (exact) mass is 322 g/mol. The number of imidazole rings is 1. The number of hydrogen-bond acceptors (Lipinski definition) is 5. The lowest BCUT2D eigenvalue weighted by Gasteiger charge is -2.22. The van der Waals surface area contributed by atoms with Crippen LogP contribution in [0.2, 0.25) is 0 Å². The van der Waals surface area contributed by atoms with Crippen molar-refractivity contribution in [3.63, 3.8) is 0 Å². The SMILES string of the molecule is Cc1nc(-c2ccncc2)nc(N(C)CCCn2ccnc2)c1C. The maximum absolute atomic E-state index is 4.79. The molecule has 0 radical (unpaired) electrons. The zero-order valence-corrected chi connectivity index (χ0v) is 14.3. The van der Waals surface area contributed by atoms with Crippen molar-refractivity contribution in [2.75, 3.05) is 18.5 Å². The summed E-state index contributed by atoms with van der Waals surface area (Å²) in [6.45, 7) is 5.98. The first-order valence-electron chi connectivity index (χ1n) is 8.07. The van der Waals surface area contributed by atoms with Crippen LogP contribution in [0.25, 0.3) is 11.4 Å². The van der Waals surface area contributed by atoms with E-state index in [2.05, 4.69) is 38.4 Å². The largest absolute Gasteiger partial charge is 0.359 e. The second kappa shape index (κ2) is 7.21. The molecule has 0 amide bonds. The average molecular weight is 322 g/mol. The molecule has 124 valence electrons. The van der Waals surface area contributed by atoms with Crippen molar-refractivity contribution in [1.82, 2.24) is 24.5 Å². The van der Waals surface area contributed by atoms with E-state index in [1.54, 1.807) is 12.4 Å². The van der Waals surface area contributed by atoms with E-state index in [9.17, 15) is 0 Å². The van der Waals surface area contributed by atoms with Crippen LogP contribution in [0.15, 0.2) is 43.2 Å². The Morgan fingerprint density at radius 2 is 1.83 bits per heavy atom. The van der Waals surface area contributed by atoms with Crippen molar-refractivity contribution < 1.29 is 0 Å². The van der Waals surface area contributed by atoms with Crippen LogP contribution >= 0.6 is 0 Å². The summed E-state index contributed by atoms with van der Waals surface area (Å²) in [5.41, 5.74) is 3.12. The molecule has 0 bridgehead atoms. The van der Waals surface area contributed by atoms with Gasteiger partial charge in [-0.05, 0) is 32.4 Å². The minimum atomic E-state index is 0.747. The second-order valence-electron chi connectivity index (χ2n) is 5.89. The number of hydrogen-bond donors (Lipinski definition) is 0. The third kappa shape index (κ3) is 3.59. The molecule has 3 heterocycles. The van der Waals surface area contributed by atoms with Crippen molar-refractivity contribution >= 4 is 5.82 Å². The summed E-state index contributed by atoms with van der Waals surface area (Å²) in [6.07, 6.45) is 10.2. The van der Waals surface area contributed by atoms with E-state index in [4.69, 9.17) is 4.98 Å². The summed E-state index contributed by atoms with van der Waals surface area (Å²) in [7, 11) is 2.08. The van der Waals surface area contributed by atoms with Crippen LogP contribution in [0, 0.1) is 13.8 Å². The zero-order chi connectivity index (χ0) is 16.9. The van der Waals surface area contributed by atoms with Crippen molar-refractivity contribution in [2.45, 2.75) is 26.8 Å². The van der Waals surface area contributed by atoms with Crippen LogP contribution in [-0.2, 0) is 6.54 Å². The molecule has 3 aromatic rings. The third-order valence-corrected chi connectivity index (χ3v) is 4.13. The molecule has 0 aromatic carbocycles. The predicted molar refractivity (Wildman–Crippen MR) is 94.9 cm³/mol. The summed E-state index contributed by atoms with van der Waals surface area (Å²) in [5.74, 6) is 1.73. The summed E-state index contributed by atoms with van der Waals surface area (Å²) in [5, 5.41) is 0. The highest BCUT2D eigenvalue weighted by molar-refractivity contribution is 5.59. The van der Waals surface area contributed by atoms with Crippen LogP contribution in [-0.4, -0.2) is 38.1 Å². The summed E-state index contributed by atoms with van der Waals surface area (Å²) in [4.78, 5) is 19.7. The van der Waals surface area contributed by atoms with Crippen molar-refractivity contribution in [1.29, 1.82) is 0 Å². The molecule has 0 aliphatic rings. The fraction of sp³-hybridized carbons (Fsp3) is 0.333. The van der Waals surface area contributed by atoms with E-state index >= 15 is 0 Å².